The van der Waals surface area contributed by atoms with Crippen LogP contribution in [0.2, 0.25) is 0 Å². The maximum atomic E-state index is 12.6. The number of amides is 2. The van der Waals surface area contributed by atoms with Crippen LogP contribution in [0.5, 0.6) is 0 Å². The second kappa shape index (κ2) is 7.12. The van der Waals surface area contributed by atoms with Crippen LogP contribution in [0.3, 0.4) is 0 Å². The zero-order valence-corrected chi connectivity index (χ0v) is 15.2. The fraction of sp³-hybridized carbons (Fsp3) is 0.286. The van der Waals surface area contributed by atoms with Crippen LogP contribution in [-0.2, 0) is 9.59 Å². The number of benzene rings is 2. The van der Waals surface area contributed by atoms with E-state index in [1.54, 1.807) is 29.2 Å². The molecule has 26 heavy (non-hydrogen) atoms. The predicted octanol–water partition coefficient (Wildman–Crippen LogP) is 3.50. The number of Topliss-reactive ketones (excluding diaryl/α,β-unsaturated/α-hetero) is 1. The normalized spacial score (nSPS) is 16.7. The summed E-state index contributed by atoms with van der Waals surface area (Å²) >= 11 is 0. The molecule has 1 N–H and O–H groups in total. The van der Waals surface area contributed by atoms with E-state index in [1.807, 2.05) is 32.0 Å². The van der Waals surface area contributed by atoms with E-state index in [0.29, 0.717) is 17.8 Å². The van der Waals surface area contributed by atoms with Gasteiger partial charge in [0.05, 0.1) is 5.92 Å². The van der Waals surface area contributed by atoms with Gasteiger partial charge in [-0.05, 0) is 44.0 Å². The van der Waals surface area contributed by atoms with Crippen LogP contribution in [0.15, 0.2) is 42.5 Å². The van der Waals surface area contributed by atoms with Crippen molar-refractivity contribution in [2.75, 3.05) is 16.8 Å². The lowest BCUT2D eigenvalue weighted by atomic mass is 10.1. The van der Waals surface area contributed by atoms with E-state index in [0.717, 1.165) is 16.8 Å². The minimum Gasteiger partial charge on any atom is -0.326 e. The summed E-state index contributed by atoms with van der Waals surface area (Å²) in [5, 5.41) is 2.83. The minimum absolute atomic E-state index is 0.0416. The molecule has 1 atom stereocenters. The third-order valence-electron chi connectivity index (χ3n) is 4.74. The van der Waals surface area contributed by atoms with Gasteiger partial charge in [-0.1, -0.05) is 30.3 Å². The fourth-order valence-corrected chi connectivity index (χ4v) is 3.39. The monoisotopic (exact) mass is 350 g/mol. The number of nitrogens with one attached hydrogen (secondary N) is 1. The molecule has 1 fully saturated rings. The summed E-state index contributed by atoms with van der Waals surface area (Å²) in [5.41, 5.74) is 4.05. The molecule has 1 heterocycles. The highest BCUT2D eigenvalue weighted by Gasteiger charge is 2.36. The summed E-state index contributed by atoms with van der Waals surface area (Å²) in [6, 6.07) is 12.7. The Labute approximate surface area is 153 Å². The molecule has 5 nitrogen and oxygen atoms in total. The first kappa shape index (κ1) is 17.9. The van der Waals surface area contributed by atoms with Crippen LogP contribution < -0.4 is 10.2 Å². The smallest absolute Gasteiger partial charge is 0.229 e. The summed E-state index contributed by atoms with van der Waals surface area (Å²) < 4.78 is 0. The van der Waals surface area contributed by atoms with Gasteiger partial charge < -0.3 is 10.2 Å². The van der Waals surface area contributed by atoms with Crippen LogP contribution in [0, 0.1) is 19.8 Å². The Morgan fingerprint density at radius 2 is 1.73 bits per heavy atom. The summed E-state index contributed by atoms with van der Waals surface area (Å²) in [4.78, 5) is 38.3. The Kier molecular flexibility index (Phi) is 4.89. The molecule has 2 aromatic carbocycles. The van der Waals surface area contributed by atoms with Crippen molar-refractivity contribution >= 4 is 29.0 Å². The molecular formula is C21H22N2O3. The molecule has 0 aliphatic carbocycles. The SMILES string of the molecule is CC(=O)c1cccc(NC(=O)[C@@H]2CC(=O)N(c3c(C)cccc3C)C2)c1. The second-order valence-corrected chi connectivity index (χ2v) is 6.77. The highest BCUT2D eigenvalue weighted by molar-refractivity contribution is 6.04. The average molecular weight is 350 g/mol. The fourth-order valence-electron chi connectivity index (χ4n) is 3.39. The number of hydrogen-bond acceptors (Lipinski definition) is 3. The van der Waals surface area contributed by atoms with Gasteiger partial charge in [-0.25, -0.2) is 0 Å². The number of ketones is 1. The van der Waals surface area contributed by atoms with Gasteiger partial charge in [0.1, 0.15) is 0 Å². The molecule has 2 aromatic rings. The number of aryl methyl sites for hydroxylation is 2. The molecule has 134 valence electrons. The van der Waals surface area contributed by atoms with Crippen molar-refractivity contribution in [1.82, 2.24) is 0 Å². The predicted molar refractivity (Wildman–Crippen MR) is 101 cm³/mol. The first-order chi connectivity index (χ1) is 12.4. The first-order valence-corrected chi connectivity index (χ1v) is 8.65. The molecule has 3 rings (SSSR count). The largest absolute Gasteiger partial charge is 0.326 e. The van der Waals surface area contributed by atoms with Crippen molar-refractivity contribution < 1.29 is 14.4 Å². The van der Waals surface area contributed by atoms with Crippen LogP contribution in [0.1, 0.15) is 34.8 Å². The van der Waals surface area contributed by atoms with Crippen LogP contribution in [0.25, 0.3) is 0 Å². The number of para-hydroxylation sites is 1. The minimum atomic E-state index is -0.414. The van der Waals surface area contributed by atoms with Gasteiger partial charge in [-0.15, -0.1) is 0 Å². The number of carbonyl (C=O) groups excluding carboxylic acids is 3. The van der Waals surface area contributed by atoms with Crippen molar-refractivity contribution in [1.29, 1.82) is 0 Å². The summed E-state index contributed by atoms with van der Waals surface area (Å²) in [5.74, 6) is -0.714. The van der Waals surface area contributed by atoms with Crippen molar-refractivity contribution in [2.45, 2.75) is 27.2 Å². The number of nitrogens with zero attached hydrogens (tertiary/aromatic N) is 1. The molecule has 1 aliphatic rings. The maximum Gasteiger partial charge on any atom is 0.229 e. The molecule has 0 radical (unpaired) electrons. The Hall–Kier alpha value is -2.95. The lowest BCUT2D eigenvalue weighted by Gasteiger charge is -2.21. The molecule has 0 aromatic heterocycles. The molecule has 5 heteroatoms. The van der Waals surface area contributed by atoms with Crippen LogP contribution in [0.4, 0.5) is 11.4 Å². The van der Waals surface area contributed by atoms with Gasteiger partial charge in [-0.3, -0.25) is 14.4 Å². The lowest BCUT2D eigenvalue weighted by Crippen LogP contribution is -2.29. The van der Waals surface area contributed by atoms with E-state index >= 15 is 0 Å². The third-order valence-corrected chi connectivity index (χ3v) is 4.74. The quantitative estimate of drug-likeness (QED) is 0.858. The number of anilines is 2. The highest BCUT2D eigenvalue weighted by atomic mass is 16.2. The van der Waals surface area contributed by atoms with Gasteiger partial charge in [0.15, 0.2) is 5.78 Å². The topological polar surface area (TPSA) is 66.5 Å². The zero-order valence-electron chi connectivity index (χ0n) is 15.2. The average Bonchev–Trinajstić information content (AvgIpc) is 2.97. The van der Waals surface area contributed by atoms with Crippen molar-refractivity contribution in [2.24, 2.45) is 5.92 Å². The van der Waals surface area contributed by atoms with Gasteiger partial charge in [0.25, 0.3) is 0 Å². The Morgan fingerprint density at radius 1 is 1.08 bits per heavy atom. The zero-order chi connectivity index (χ0) is 18.8. The van der Waals surface area contributed by atoms with E-state index in [-0.39, 0.29) is 24.0 Å². The van der Waals surface area contributed by atoms with Gasteiger partial charge >= 0.3 is 0 Å². The third kappa shape index (κ3) is 3.52. The van der Waals surface area contributed by atoms with E-state index in [2.05, 4.69) is 5.32 Å². The number of rotatable bonds is 4. The lowest BCUT2D eigenvalue weighted by molar-refractivity contribution is -0.122. The molecule has 1 saturated heterocycles. The molecule has 1 aliphatic heterocycles. The molecule has 0 bridgehead atoms. The molecule has 0 unspecified atom stereocenters. The van der Waals surface area contributed by atoms with E-state index in [1.165, 1.54) is 6.92 Å². The molecule has 0 spiro atoms. The molecule has 2 amide bonds. The summed E-state index contributed by atoms with van der Waals surface area (Å²) in [7, 11) is 0. The van der Waals surface area contributed by atoms with Crippen molar-refractivity contribution in [3.8, 4) is 0 Å². The van der Waals surface area contributed by atoms with E-state index < -0.39 is 5.92 Å². The number of hydrogen-bond donors (Lipinski definition) is 1. The highest BCUT2D eigenvalue weighted by Crippen LogP contribution is 2.31. The van der Waals surface area contributed by atoms with E-state index in [9.17, 15) is 14.4 Å². The summed E-state index contributed by atoms with van der Waals surface area (Å²) in [6.45, 7) is 5.79. The Balaban J connectivity index is 1.75. The van der Waals surface area contributed by atoms with Crippen LogP contribution in [-0.4, -0.2) is 24.1 Å². The first-order valence-electron chi connectivity index (χ1n) is 8.65. The van der Waals surface area contributed by atoms with E-state index in [4.69, 9.17) is 0 Å². The number of carbonyl (C=O) groups is 3. The van der Waals surface area contributed by atoms with Gasteiger partial charge in [0, 0.05) is 29.9 Å². The molecule has 0 saturated carbocycles. The second-order valence-electron chi connectivity index (χ2n) is 6.77. The standard InChI is InChI=1S/C21H22N2O3/c1-13-6-4-7-14(2)20(13)23-12-17(11-19(23)25)21(26)22-18-9-5-8-16(10-18)15(3)24/h4-10,17H,11-12H2,1-3H3,(H,22,26)/t17-/m1/s1. The Morgan fingerprint density at radius 3 is 2.38 bits per heavy atom. The maximum absolute atomic E-state index is 12.6. The van der Waals surface area contributed by atoms with Gasteiger partial charge in [-0.2, -0.15) is 0 Å². The van der Waals surface area contributed by atoms with Crippen molar-refractivity contribution in [3.05, 3.63) is 59.2 Å². The molecular weight excluding hydrogens is 328 g/mol. The van der Waals surface area contributed by atoms with Gasteiger partial charge in [0.2, 0.25) is 11.8 Å². The summed E-state index contributed by atoms with van der Waals surface area (Å²) in [6.07, 6.45) is 0.187. The van der Waals surface area contributed by atoms with Crippen LogP contribution >= 0.6 is 0 Å². The van der Waals surface area contributed by atoms with Crippen molar-refractivity contribution in [3.63, 3.8) is 0 Å². The Bertz CT molecular complexity index is 868.